The van der Waals surface area contributed by atoms with Crippen LogP contribution in [0.2, 0.25) is 10.0 Å². The van der Waals surface area contributed by atoms with E-state index in [-0.39, 0.29) is 16.8 Å². The molecule has 0 bridgehead atoms. The molecule has 0 spiro atoms. The molecule has 0 aliphatic heterocycles. The molecule has 0 fully saturated rings. The van der Waals surface area contributed by atoms with Crippen LogP contribution < -0.4 is 15.4 Å². The third kappa shape index (κ3) is 5.90. The van der Waals surface area contributed by atoms with Crippen molar-refractivity contribution in [2.45, 2.75) is 32.8 Å². The zero-order valence-corrected chi connectivity index (χ0v) is 22.0. The highest BCUT2D eigenvalue weighted by Crippen LogP contribution is 2.34. The van der Waals surface area contributed by atoms with Crippen LogP contribution in [-0.4, -0.2) is 27.2 Å². The Bertz CT molecular complexity index is 1450. The van der Waals surface area contributed by atoms with Crippen molar-refractivity contribution in [2.75, 3.05) is 5.32 Å². The molecule has 1 amide bonds. The maximum absolute atomic E-state index is 12.5. The van der Waals surface area contributed by atoms with E-state index in [9.17, 15) is 9.90 Å². The van der Waals surface area contributed by atoms with Gasteiger partial charge in [-0.25, -0.2) is 4.98 Å². The number of aromatic hydroxyl groups is 1. The fraction of sp³-hybridized carbons (Fsp3) is 0.192. The lowest BCUT2D eigenvalue weighted by Crippen LogP contribution is -2.42. The number of phenols is 1. The standard InChI is InChI=1S/C26H23Cl2N3O4S/c1-13(2)15-4-8-23-20(10-15)30-25(35-23)18-12-17(6-7-21(18)32)29-26(36)31-24(33)14(3)34-22-9-5-16(27)11-19(22)28/h4-14,32H,1-3H3,(H2,29,31,33,36). The number of aromatic nitrogens is 1. The highest BCUT2D eigenvalue weighted by atomic mass is 35.5. The Morgan fingerprint density at radius 2 is 1.86 bits per heavy atom. The van der Waals surface area contributed by atoms with E-state index in [1.54, 1.807) is 31.2 Å². The first kappa shape index (κ1) is 25.8. The van der Waals surface area contributed by atoms with Gasteiger partial charge in [-0.3, -0.25) is 10.1 Å². The molecular weight excluding hydrogens is 521 g/mol. The van der Waals surface area contributed by atoms with E-state index in [0.29, 0.717) is 44.1 Å². The van der Waals surface area contributed by atoms with Gasteiger partial charge in [-0.05, 0) is 79.2 Å². The quantitative estimate of drug-likeness (QED) is 0.179. The smallest absolute Gasteiger partial charge is 0.266 e. The van der Waals surface area contributed by atoms with Crippen molar-refractivity contribution >= 4 is 63.2 Å². The van der Waals surface area contributed by atoms with Gasteiger partial charge in [0, 0.05) is 10.7 Å². The molecule has 4 rings (SSSR count). The van der Waals surface area contributed by atoms with Gasteiger partial charge < -0.3 is 19.6 Å². The summed E-state index contributed by atoms with van der Waals surface area (Å²) in [6.45, 7) is 5.77. The number of thiocarbonyl (C=S) groups is 1. The second kappa shape index (κ2) is 10.7. The van der Waals surface area contributed by atoms with Crippen LogP contribution in [-0.2, 0) is 4.79 Å². The van der Waals surface area contributed by atoms with Gasteiger partial charge in [0.2, 0.25) is 5.89 Å². The lowest BCUT2D eigenvalue weighted by molar-refractivity contribution is -0.125. The van der Waals surface area contributed by atoms with E-state index in [1.807, 2.05) is 18.2 Å². The molecule has 0 aliphatic carbocycles. The van der Waals surface area contributed by atoms with Gasteiger partial charge in [0.25, 0.3) is 5.91 Å². The maximum Gasteiger partial charge on any atom is 0.266 e. The van der Waals surface area contributed by atoms with E-state index in [0.717, 1.165) is 5.56 Å². The summed E-state index contributed by atoms with van der Waals surface area (Å²) in [6, 6.07) is 15.3. The molecular formula is C26H23Cl2N3O4S. The molecule has 3 aromatic carbocycles. The molecule has 7 nitrogen and oxygen atoms in total. The number of rotatable bonds is 6. The number of anilines is 1. The summed E-state index contributed by atoms with van der Waals surface area (Å²) in [5.74, 6) is 0.460. The number of hydrogen-bond donors (Lipinski definition) is 3. The lowest BCUT2D eigenvalue weighted by Gasteiger charge is -2.17. The van der Waals surface area contributed by atoms with Crippen molar-refractivity contribution in [2.24, 2.45) is 0 Å². The minimum atomic E-state index is -0.880. The molecule has 0 saturated carbocycles. The predicted octanol–water partition coefficient (Wildman–Crippen LogP) is 6.91. The number of amides is 1. The summed E-state index contributed by atoms with van der Waals surface area (Å²) in [6.07, 6.45) is -0.880. The number of nitrogens with zero attached hydrogens (tertiary/aromatic N) is 1. The molecule has 1 atom stereocenters. The number of nitrogens with one attached hydrogen (secondary N) is 2. The molecule has 1 aromatic heterocycles. The molecule has 10 heteroatoms. The molecule has 0 aliphatic rings. The number of ether oxygens (including phenoxy) is 1. The molecule has 4 aromatic rings. The third-order valence-electron chi connectivity index (χ3n) is 5.37. The summed E-state index contributed by atoms with van der Waals surface area (Å²) >= 11 is 17.3. The highest BCUT2D eigenvalue weighted by Gasteiger charge is 2.19. The maximum atomic E-state index is 12.5. The number of phenolic OH excluding ortho intramolecular Hbond substituents is 1. The van der Waals surface area contributed by atoms with Crippen LogP contribution in [0.15, 0.2) is 59.0 Å². The number of carbonyl (C=O) groups is 1. The van der Waals surface area contributed by atoms with E-state index in [2.05, 4.69) is 29.5 Å². The van der Waals surface area contributed by atoms with Crippen molar-refractivity contribution in [3.8, 4) is 23.0 Å². The van der Waals surface area contributed by atoms with Gasteiger partial charge >= 0.3 is 0 Å². The summed E-state index contributed by atoms with van der Waals surface area (Å²) in [4.78, 5) is 17.1. The predicted molar refractivity (Wildman–Crippen MR) is 146 cm³/mol. The minimum absolute atomic E-state index is 0.00647. The number of oxazole rings is 1. The van der Waals surface area contributed by atoms with E-state index < -0.39 is 12.0 Å². The fourth-order valence-corrected chi connectivity index (χ4v) is 4.07. The Hall–Kier alpha value is -3.33. The molecule has 186 valence electrons. The van der Waals surface area contributed by atoms with Gasteiger partial charge in [-0.15, -0.1) is 0 Å². The summed E-state index contributed by atoms with van der Waals surface area (Å²) < 4.78 is 11.5. The van der Waals surface area contributed by atoms with Gasteiger partial charge in [0.1, 0.15) is 17.0 Å². The average molecular weight is 544 g/mol. The fourth-order valence-electron chi connectivity index (χ4n) is 3.39. The Morgan fingerprint density at radius 3 is 2.58 bits per heavy atom. The lowest BCUT2D eigenvalue weighted by atomic mass is 10.0. The Kier molecular flexibility index (Phi) is 7.68. The molecule has 0 radical (unpaired) electrons. The van der Waals surface area contributed by atoms with Crippen molar-refractivity contribution in [3.63, 3.8) is 0 Å². The second-order valence-corrected chi connectivity index (χ2v) is 9.66. The molecule has 3 N–H and O–H groups in total. The first-order valence-corrected chi connectivity index (χ1v) is 12.2. The number of halogens is 2. The number of benzene rings is 3. The Balaban J connectivity index is 1.45. The van der Waals surface area contributed by atoms with Crippen LogP contribution in [0.4, 0.5) is 5.69 Å². The zero-order chi connectivity index (χ0) is 26.0. The average Bonchev–Trinajstić information content (AvgIpc) is 3.25. The SMILES string of the molecule is CC(Oc1ccc(Cl)cc1Cl)C(=O)NC(=S)Nc1ccc(O)c(-c2nc3cc(C(C)C)ccc3o2)c1. The molecule has 36 heavy (non-hydrogen) atoms. The van der Waals surface area contributed by atoms with Crippen molar-refractivity contribution in [3.05, 3.63) is 70.2 Å². The van der Waals surface area contributed by atoms with Crippen LogP contribution in [0.5, 0.6) is 11.5 Å². The monoisotopic (exact) mass is 543 g/mol. The number of fused-ring (bicyclic) bond motifs is 1. The van der Waals surface area contributed by atoms with E-state index >= 15 is 0 Å². The Labute approximate surface area is 223 Å². The Morgan fingerprint density at radius 1 is 1.08 bits per heavy atom. The number of carbonyl (C=O) groups excluding carboxylic acids is 1. The number of hydrogen-bond acceptors (Lipinski definition) is 6. The van der Waals surface area contributed by atoms with Crippen LogP contribution in [0.3, 0.4) is 0 Å². The second-order valence-electron chi connectivity index (χ2n) is 8.41. The summed E-state index contributed by atoms with van der Waals surface area (Å²) in [5.41, 5.74) is 3.36. The largest absolute Gasteiger partial charge is 0.507 e. The zero-order valence-electron chi connectivity index (χ0n) is 19.6. The van der Waals surface area contributed by atoms with Crippen molar-refractivity contribution in [1.29, 1.82) is 0 Å². The van der Waals surface area contributed by atoms with Crippen molar-refractivity contribution < 1.29 is 19.1 Å². The van der Waals surface area contributed by atoms with E-state index in [4.69, 9.17) is 44.6 Å². The van der Waals surface area contributed by atoms with Gasteiger partial charge in [0.05, 0.1) is 10.6 Å². The van der Waals surface area contributed by atoms with Gasteiger partial charge in [-0.1, -0.05) is 43.1 Å². The van der Waals surface area contributed by atoms with Gasteiger partial charge in [-0.2, -0.15) is 0 Å². The summed E-state index contributed by atoms with van der Waals surface area (Å²) in [5, 5.41) is 16.7. The first-order valence-electron chi connectivity index (χ1n) is 11.1. The van der Waals surface area contributed by atoms with Crippen LogP contribution >= 0.6 is 35.4 Å². The molecule has 1 heterocycles. The molecule has 0 saturated heterocycles. The first-order chi connectivity index (χ1) is 17.1. The van der Waals surface area contributed by atoms with E-state index in [1.165, 1.54) is 12.1 Å². The van der Waals surface area contributed by atoms with Crippen molar-refractivity contribution in [1.82, 2.24) is 10.3 Å². The topological polar surface area (TPSA) is 96.6 Å². The van der Waals surface area contributed by atoms with Crippen LogP contribution in [0.1, 0.15) is 32.3 Å². The van der Waals surface area contributed by atoms with Gasteiger partial charge in [0.15, 0.2) is 16.8 Å². The third-order valence-corrected chi connectivity index (χ3v) is 6.10. The molecule has 1 unspecified atom stereocenters. The summed E-state index contributed by atoms with van der Waals surface area (Å²) in [7, 11) is 0. The normalized spacial score (nSPS) is 11.9. The van der Waals surface area contributed by atoms with Crippen LogP contribution in [0, 0.1) is 0 Å². The minimum Gasteiger partial charge on any atom is -0.507 e. The van der Waals surface area contributed by atoms with Crippen LogP contribution in [0.25, 0.3) is 22.6 Å². The highest BCUT2D eigenvalue weighted by molar-refractivity contribution is 7.80.